The Bertz CT molecular complexity index is 350. The number of ether oxygens (including phenoxy) is 1. The number of carbonyl (C=O) groups excluding carboxylic acids is 1. The lowest BCUT2D eigenvalue weighted by Crippen LogP contribution is -2.26. The minimum absolute atomic E-state index is 0.297. The van der Waals surface area contributed by atoms with Crippen LogP contribution >= 0.6 is 22.6 Å². The quantitative estimate of drug-likeness (QED) is 0.281. The summed E-state index contributed by atoms with van der Waals surface area (Å²) < 4.78 is 6.12. The second-order valence-corrected chi connectivity index (χ2v) is 4.27. The molecule has 0 unspecified atom stereocenters. The van der Waals surface area contributed by atoms with Crippen LogP contribution in [-0.4, -0.2) is 35.1 Å². The lowest BCUT2D eigenvalue weighted by atomic mass is 10.2. The number of hydrogen-bond donors (Lipinski definition) is 1. The van der Waals surface area contributed by atoms with Crippen molar-refractivity contribution in [3.63, 3.8) is 0 Å². The largest absolute Gasteiger partial charge is 0.461 e. The highest BCUT2D eigenvalue weighted by Gasteiger charge is 2.07. The third-order valence-electron chi connectivity index (χ3n) is 2.40. The van der Waals surface area contributed by atoms with Crippen molar-refractivity contribution in [3.05, 3.63) is 29.8 Å². The van der Waals surface area contributed by atoms with Gasteiger partial charge in [0.1, 0.15) is 6.61 Å². The number of halogens is 1. The van der Waals surface area contributed by atoms with Crippen molar-refractivity contribution in [2.45, 2.75) is 6.92 Å². The lowest BCUT2D eigenvalue weighted by molar-refractivity contribution is 0.0474. The van der Waals surface area contributed by atoms with E-state index in [0.717, 1.165) is 17.6 Å². The highest BCUT2D eigenvalue weighted by atomic mass is 127. The van der Waals surface area contributed by atoms with Crippen molar-refractivity contribution in [2.75, 3.05) is 30.0 Å². The van der Waals surface area contributed by atoms with Crippen molar-refractivity contribution in [1.82, 2.24) is 4.90 Å². The van der Waals surface area contributed by atoms with Gasteiger partial charge in [0.25, 0.3) is 0 Å². The van der Waals surface area contributed by atoms with Gasteiger partial charge in [-0.25, -0.2) is 4.79 Å². The molecule has 0 saturated heterocycles. The Morgan fingerprint density at radius 1 is 1.41 bits per heavy atom. The van der Waals surface area contributed by atoms with Gasteiger partial charge >= 0.3 is 5.97 Å². The number of anilines is 1. The molecule has 2 N–H and O–H groups in total. The van der Waals surface area contributed by atoms with Crippen molar-refractivity contribution >= 4 is 34.2 Å². The van der Waals surface area contributed by atoms with E-state index in [-0.39, 0.29) is 5.97 Å². The predicted octanol–water partition coefficient (Wildman–Crippen LogP) is 2.14. The first-order valence-corrected chi connectivity index (χ1v) is 7.01. The van der Waals surface area contributed by atoms with Crippen LogP contribution in [0.5, 0.6) is 0 Å². The smallest absolute Gasteiger partial charge is 0.338 e. The summed E-state index contributed by atoms with van der Waals surface area (Å²) in [6.45, 7) is 4.23. The Hall–Kier alpha value is -0.820. The standard InChI is InChI=1S/C12H17IN2O2/c1-2-15(9-13)7-8-17-12(16)10-3-5-11(14)6-4-10/h3-6H,2,7-9,14H2,1H3. The second-order valence-electron chi connectivity index (χ2n) is 3.59. The Kier molecular flexibility index (Phi) is 6.28. The van der Waals surface area contributed by atoms with Crippen LogP contribution < -0.4 is 5.73 Å². The van der Waals surface area contributed by atoms with Gasteiger partial charge in [-0.1, -0.05) is 29.5 Å². The van der Waals surface area contributed by atoms with Gasteiger partial charge in [-0.3, -0.25) is 4.90 Å². The first-order chi connectivity index (χ1) is 8.17. The maximum absolute atomic E-state index is 11.6. The number of alkyl halides is 1. The van der Waals surface area contributed by atoms with E-state index in [1.807, 2.05) is 0 Å². The molecule has 0 saturated carbocycles. The normalized spacial score (nSPS) is 10.5. The number of nitrogens with zero attached hydrogens (tertiary/aromatic N) is 1. The van der Waals surface area contributed by atoms with Gasteiger partial charge in [0.2, 0.25) is 0 Å². The summed E-state index contributed by atoms with van der Waals surface area (Å²) in [5.41, 5.74) is 6.72. The summed E-state index contributed by atoms with van der Waals surface area (Å²) in [6, 6.07) is 6.74. The van der Waals surface area contributed by atoms with Gasteiger partial charge in [0.15, 0.2) is 0 Å². The molecule has 4 nitrogen and oxygen atoms in total. The van der Waals surface area contributed by atoms with Gasteiger partial charge in [0.05, 0.1) is 10.1 Å². The molecule has 1 aromatic carbocycles. The molecular formula is C12H17IN2O2. The summed E-state index contributed by atoms with van der Waals surface area (Å²) in [6.07, 6.45) is 0. The molecule has 0 amide bonds. The fraction of sp³-hybridized carbons (Fsp3) is 0.417. The Morgan fingerprint density at radius 3 is 2.59 bits per heavy atom. The van der Waals surface area contributed by atoms with Crippen LogP contribution in [0.3, 0.4) is 0 Å². The summed E-state index contributed by atoms with van der Waals surface area (Å²) >= 11 is 2.29. The minimum atomic E-state index is -0.297. The molecule has 5 heteroatoms. The molecule has 0 aromatic heterocycles. The molecule has 0 aliphatic heterocycles. The Labute approximate surface area is 115 Å². The number of carbonyl (C=O) groups is 1. The zero-order valence-corrected chi connectivity index (χ0v) is 12.0. The number of esters is 1. The fourth-order valence-electron chi connectivity index (χ4n) is 1.27. The molecule has 0 bridgehead atoms. The van der Waals surface area contributed by atoms with Crippen LogP contribution in [0.15, 0.2) is 24.3 Å². The van der Waals surface area contributed by atoms with Crippen molar-refractivity contribution < 1.29 is 9.53 Å². The molecule has 1 rings (SSSR count). The minimum Gasteiger partial charge on any atom is -0.461 e. The van der Waals surface area contributed by atoms with Crippen LogP contribution in [0.4, 0.5) is 5.69 Å². The number of nitrogen functional groups attached to an aromatic ring is 1. The van der Waals surface area contributed by atoms with Crippen LogP contribution in [0.2, 0.25) is 0 Å². The summed E-state index contributed by atoms with van der Waals surface area (Å²) in [5.74, 6) is -0.297. The second kappa shape index (κ2) is 7.50. The van der Waals surface area contributed by atoms with Crippen molar-refractivity contribution in [3.8, 4) is 0 Å². The molecule has 0 heterocycles. The number of likely N-dealkylation sites (N-methyl/N-ethyl adjacent to an activating group) is 1. The Morgan fingerprint density at radius 2 is 2.06 bits per heavy atom. The van der Waals surface area contributed by atoms with Gasteiger partial charge in [-0.2, -0.15) is 0 Å². The van der Waals surface area contributed by atoms with Crippen LogP contribution in [0, 0.1) is 0 Å². The zero-order chi connectivity index (χ0) is 12.7. The maximum atomic E-state index is 11.6. The first kappa shape index (κ1) is 14.2. The summed E-state index contributed by atoms with van der Waals surface area (Å²) in [4.78, 5) is 13.8. The van der Waals surface area contributed by atoms with Gasteiger partial charge in [-0.05, 0) is 30.8 Å². The van der Waals surface area contributed by atoms with E-state index in [4.69, 9.17) is 10.5 Å². The fourth-order valence-corrected chi connectivity index (χ4v) is 2.10. The number of rotatable bonds is 6. The van der Waals surface area contributed by atoms with E-state index < -0.39 is 0 Å². The Balaban J connectivity index is 2.37. The first-order valence-electron chi connectivity index (χ1n) is 5.48. The molecule has 94 valence electrons. The van der Waals surface area contributed by atoms with Gasteiger partial charge in [-0.15, -0.1) is 0 Å². The van der Waals surface area contributed by atoms with Crippen LogP contribution in [0.25, 0.3) is 0 Å². The molecule has 0 spiro atoms. The van der Waals surface area contributed by atoms with E-state index in [1.54, 1.807) is 24.3 Å². The van der Waals surface area contributed by atoms with Gasteiger partial charge < -0.3 is 10.5 Å². The molecule has 0 aliphatic rings. The summed E-state index contributed by atoms with van der Waals surface area (Å²) in [7, 11) is 0. The maximum Gasteiger partial charge on any atom is 0.338 e. The highest BCUT2D eigenvalue weighted by molar-refractivity contribution is 14.1. The van der Waals surface area contributed by atoms with E-state index in [9.17, 15) is 4.79 Å². The molecular weight excluding hydrogens is 331 g/mol. The van der Waals surface area contributed by atoms with Crippen molar-refractivity contribution in [1.29, 1.82) is 0 Å². The topological polar surface area (TPSA) is 55.6 Å². The van der Waals surface area contributed by atoms with E-state index in [1.165, 1.54) is 0 Å². The number of benzene rings is 1. The predicted molar refractivity (Wildman–Crippen MR) is 77.3 cm³/mol. The zero-order valence-electron chi connectivity index (χ0n) is 9.86. The molecule has 0 fully saturated rings. The highest BCUT2D eigenvalue weighted by Crippen LogP contribution is 2.06. The third kappa shape index (κ3) is 4.91. The van der Waals surface area contributed by atoms with E-state index in [0.29, 0.717) is 17.9 Å². The number of hydrogen-bond acceptors (Lipinski definition) is 4. The molecule has 1 aromatic rings. The molecule has 17 heavy (non-hydrogen) atoms. The van der Waals surface area contributed by atoms with Crippen molar-refractivity contribution in [2.24, 2.45) is 0 Å². The molecule has 0 aliphatic carbocycles. The van der Waals surface area contributed by atoms with Gasteiger partial charge in [0, 0.05) is 12.2 Å². The molecule has 0 radical (unpaired) electrons. The monoisotopic (exact) mass is 348 g/mol. The molecule has 0 atom stereocenters. The summed E-state index contributed by atoms with van der Waals surface area (Å²) in [5, 5.41) is 0. The van der Waals surface area contributed by atoms with Crippen LogP contribution in [0.1, 0.15) is 17.3 Å². The lowest BCUT2D eigenvalue weighted by Gasteiger charge is -2.16. The van der Waals surface area contributed by atoms with Crippen LogP contribution in [-0.2, 0) is 4.74 Å². The average molecular weight is 348 g/mol. The third-order valence-corrected chi connectivity index (χ3v) is 3.37. The number of nitrogens with two attached hydrogens (primary N) is 1. The van der Waals surface area contributed by atoms with E-state index >= 15 is 0 Å². The van der Waals surface area contributed by atoms with E-state index in [2.05, 4.69) is 34.4 Å². The SMILES string of the molecule is CCN(CI)CCOC(=O)c1ccc(N)cc1. The average Bonchev–Trinajstić information content (AvgIpc) is 2.35.